The summed E-state index contributed by atoms with van der Waals surface area (Å²) in [5.41, 5.74) is 0.0516. The van der Waals surface area contributed by atoms with Gasteiger partial charge in [-0.15, -0.1) is 0 Å². The molecule has 0 radical (unpaired) electrons. The fraction of sp³-hybridized carbons (Fsp3) is 0.538. The Morgan fingerprint density at radius 2 is 2.21 bits per heavy atom. The molecule has 1 heterocycles. The van der Waals surface area contributed by atoms with E-state index in [-0.39, 0.29) is 28.7 Å². The summed E-state index contributed by atoms with van der Waals surface area (Å²) in [6.45, 7) is 0. The lowest BCUT2D eigenvalue weighted by molar-refractivity contribution is 0.0195. The molecule has 0 aliphatic heterocycles. The van der Waals surface area contributed by atoms with Crippen molar-refractivity contribution in [2.24, 2.45) is 0 Å². The predicted octanol–water partition coefficient (Wildman–Crippen LogP) is 2.77. The van der Waals surface area contributed by atoms with Crippen molar-refractivity contribution in [3.8, 4) is 5.88 Å². The topological polar surface area (TPSA) is 68.7 Å². The molecule has 1 N–H and O–H groups in total. The largest absolute Gasteiger partial charge is 0.478 e. The summed E-state index contributed by atoms with van der Waals surface area (Å²) in [5.74, 6) is -0.772. The molecule has 0 spiro atoms. The molecule has 2 atom stereocenters. The number of methoxy groups -OCH3 is 1. The maximum atomic E-state index is 10.8. The van der Waals surface area contributed by atoms with Crippen LogP contribution in [-0.4, -0.2) is 35.4 Å². The summed E-state index contributed by atoms with van der Waals surface area (Å²) in [4.78, 5) is 14.7. The SMILES string of the molecule is COC1CCCC(Oc2ncc(C(=O)O)cc2Cl)C1. The molecular weight excluding hydrogens is 270 g/mol. The van der Waals surface area contributed by atoms with Gasteiger partial charge in [0.15, 0.2) is 0 Å². The van der Waals surface area contributed by atoms with Gasteiger partial charge in [-0.1, -0.05) is 11.6 Å². The third kappa shape index (κ3) is 3.58. The maximum absolute atomic E-state index is 10.8. The Bertz CT molecular complexity index is 466. The van der Waals surface area contributed by atoms with Crippen LogP contribution in [0.4, 0.5) is 0 Å². The Hall–Kier alpha value is -1.33. The van der Waals surface area contributed by atoms with E-state index in [9.17, 15) is 4.79 Å². The molecule has 0 amide bonds. The number of ether oxygens (including phenoxy) is 2. The average molecular weight is 286 g/mol. The van der Waals surface area contributed by atoms with Crippen LogP contribution in [0.25, 0.3) is 0 Å². The molecule has 0 saturated heterocycles. The molecule has 1 aromatic rings. The summed E-state index contributed by atoms with van der Waals surface area (Å²) in [6, 6.07) is 1.35. The number of aromatic carboxylic acids is 1. The van der Waals surface area contributed by atoms with Gasteiger partial charge in [0.2, 0.25) is 5.88 Å². The zero-order chi connectivity index (χ0) is 13.8. The molecule has 19 heavy (non-hydrogen) atoms. The molecule has 1 fully saturated rings. The number of carboxylic acids is 1. The van der Waals surface area contributed by atoms with Crippen LogP contribution in [0.3, 0.4) is 0 Å². The van der Waals surface area contributed by atoms with E-state index in [0.29, 0.717) is 0 Å². The molecule has 2 rings (SSSR count). The van der Waals surface area contributed by atoms with Crippen LogP contribution < -0.4 is 4.74 Å². The smallest absolute Gasteiger partial charge is 0.337 e. The summed E-state index contributed by atoms with van der Waals surface area (Å²) in [5, 5.41) is 9.05. The van der Waals surface area contributed by atoms with Crippen LogP contribution in [0.5, 0.6) is 5.88 Å². The molecule has 0 bridgehead atoms. The molecular formula is C13H16ClNO4. The summed E-state index contributed by atoms with van der Waals surface area (Å²) >= 11 is 5.98. The Morgan fingerprint density at radius 3 is 2.84 bits per heavy atom. The molecule has 0 aromatic carbocycles. The first kappa shape index (κ1) is 14.1. The number of carboxylic acid groups (broad SMARTS) is 1. The fourth-order valence-corrected chi connectivity index (χ4v) is 2.42. The van der Waals surface area contributed by atoms with Gasteiger partial charge in [0, 0.05) is 19.7 Å². The molecule has 5 nitrogen and oxygen atoms in total. The highest BCUT2D eigenvalue weighted by Crippen LogP contribution is 2.28. The van der Waals surface area contributed by atoms with E-state index in [0.717, 1.165) is 25.7 Å². The van der Waals surface area contributed by atoms with E-state index < -0.39 is 5.97 Å². The van der Waals surface area contributed by atoms with Crippen molar-refractivity contribution in [2.75, 3.05) is 7.11 Å². The summed E-state index contributed by atoms with van der Waals surface area (Å²) in [7, 11) is 1.69. The van der Waals surface area contributed by atoms with Crippen molar-refractivity contribution in [1.29, 1.82) is 0 Å². The van der Waals surface area contributed by atoms with E-state index in [4.69, 9.17) is 26.2 Å². The standard InChI is InChI=1S/C13H16ClNO4/c1-18-9-3-2-4-10(6-9)19-12-11(14)5-8(7-15-12)13(16)17/h5,7,9-10H,2-4,6H2,1H3,(H,16,17). The van der Waals surface area contributed by atoms with Gasteiger partial charge in [0.05, 0.1) is 11.7 Å². The minimum atomic E-state index is -1.06. The number of aromatic nitrogens is 1. The fourth-order valence-electron chi connectivity index (χ4n) is 2.21. The molecule has 2 unspecified atom stereocenters. The highest BCUT2D eigenvalue weighted by molar-refractivity contribution is 6.32. The van der Waals surface area contributed by atoms with Gasteiger partial charge in [-0.2, -0.15) is 0 Å². The van der Waals surface area contributed by atoms with Gasteiger partial charge in [-0.3, -0.25) is 0 Å². The number of rotatable bonds is 4. The number of nitrogens with zero attached hydrogens (tertiary/aromatic N) is 1. The Balaban J connectivity index is 2.04. The van der Waals surface area contributed by atoms with Gasteiger partial charge in [-0.05, 0) is 25.3 Å². The van der Waals surface area contributed by atoms with Crippen molar-refractivity contribution in [2.45, 2.75) is 37.9 Å². The van der Waals surface area contributed by atoms with E-state index in [1.165, 1.54) is 12.3 Å². The molecule has 1 aliphatic carbocycles. The van der Waals surface area contributed by atoms with Crippen molar-refractivity contribution < 1.29 is 19.4 Å². The highest BCUT2D eigenvalue weighted by Gasteiger charge is 2.24. The van der Waals surface area contributed by atoms with Crippen LogP contribution in [-0.2, 0) is 4.74 Å². The number of pyridine rings is 1. The van der Waals surface area contributed by atoms with Gasteiger partial charge < -0.3 is 14.6 Å². The summed E-state index contributed by atoms with van der Waals surface area (Å²) < 4.78 is 11.1. The minimum Gasteiger partial charge on any atom is -0.478 e. The normalized spacial score (nSPS) is 23.1. The van der Waals surface area contributed by atoms with Gasteiger partial charge in [-0.25, -0.2) is 9.78 Å². The monoisotopic (exact) mass is 285 g/mol. The minimum absolute atomic E-state index is 0.0133. The second kappa shape index (κ2) is 6.21. The van der Waals surface area contributed by atoms with Crippen molar-refractivity contribution >= 4 is 17.6 Å². The van der Waals surface area contributed by atoms with Crippen molar-refractivity contribution in [3.63, 3.8) is 0 Å². The Morgan fingerprint density at radius 1 is 1.47 bits per heavy atom. The first-order valence-electron chi connectivity index (χ1n) is 6.18. The molecule has 6 heteroatoms. The third-order valence-corrected chi connectivity index (χ3v) is 3.51. The molecule has 1 saturated carbocycles. The van der Waals surface area contributed by atoms with E-state index in [1.807, 2.05) is 0 Å². The first-order chi connectivity index (χ1) is 9.10. The summed E-state index contributed by atoms with van der Waals surface area (Å²) in [6.07, 6.45) is 5.27. The third-order valence-electron chi connectivity index (χ3n) is 3.24. The average Bonchev–Trinajstić information content (AvgIpc) is 2.41. The molecule has 1 aromatic heterocycles. The highest BCUT2D eigenvalue weighted by atomic mass is 35.5. The van der Waals surface area contributed by atoms with Gasteiger partial charge in [0.1, 0.15) is 11.1 Å². The van der Waals surface area contributed by atoms with Crippen LogP contribution in [0.1, 0.15) is 36.0 Å². The molecule has 104 valence electrons. The van der Waals surface area contributed by atoms with Crippen LogP contribution in [0.15, 0.2) is 12.3 Å². The number of hydrogen-bond acceptors (Lipinski definition) is 4. The lowest BCUT2D eigenvalue weighted by Crippen LogP contribution is -2.29. The van der Waals surface area contributed by atoms with E-state index in [2.05, 4.69) is 4.98 Å². The van der Waals surface area contributed by atoms with Crippen molar-refractivity contribution in [1.82, 2.24) is 4.98 Å². The first-order valence-corrected chi connectivity index (χ1v) is 6.56. The second-order valence-corrected chi connectivity index (χ2v) is 4.99. The van der Waals surface area contributed by atoms with Crippen molar-refractivity contribution in [3.05, 3.63) is 22.8 Å². The Labute approximate surface area is 116 Å². The number of halogens is 1. The maximum Gasteiger partial charge on any atom is 0.337 e. The number of carbonyl (C=O) groups is 1. The zero-order valence-electron chi connectivity index (χ0n) is 10.6. The van der Waals surface area contributed by atoms with Crippen LogP contribution in [0.2, 0.25) is 5.02 Å². The molecule has 1 aliphatic rings. The van der Waals surface area contributed by atoms with Crippen LogP contribution in [0, 0.1) is 0 Å². The number of hydrogen-bond donors (Lipinski definition) is 1. The lowest BCUT2D eigenvalue weighted by atomic mass is 9.95. The lowest BCUT2D eigenvalue weighted by Gasteiger charge is -2.28. The van der Waals surface area contributed by atoms with Crippen LogP contribution >= 0.6 is 11.6 Å². The predicted molar refractivity (Wildman–Crippen MR) is 69.9 cm³/mol. The van der Waals surface area contributed by atoms with Gasteiger partial charge in [0.25, 0.3) is 0 Å². The van der Waals surface area contributed by atoms with E-state index >= 15 is 0 Å². The Kier molecular flexibility index (Phi) is 4.61. The van der Waals surface area contributed by atoms with E-state index in [1.54, 1.807) is 7.11 Å². The quantitative estimate of drug-likeness (QED) is 0.921. The zero-order valence-corrected chi connectivity index (χ0v) is 11.4. The van der Waals surface area contributed by atoms with Gasteiger partial charge >= 0.3 is 5.97 Å². The second-order valence-electron chi connectivity index (χ2n) is 4.58.